The summed E-state index contributed by atoms with van der Waals surface area (Å²) in [6, 6.07) is 29.1. The molecule has 1 atom stereocenters. The molecule has 0 aliphatic carbocycles. The van der Waals surface area contributed by atoms with Crippen LogP contribution in [0.5, 0.6) is 0 Å². The SMILES string of the molecule is CC(=O)N1CCN(c2ccc(CN(C(=O)/C=C/c3ccc(C(F)(F)F)cc3)[C@@H](Cc3ccccc3)C(=O)N(C)CCN(C)Cc3ccc(N(C)CCO)cc3)cc2)CC1. The number of likely N-dealkylation sites (N-methyl/N-ethyl adjacent to an activating group) is 3. The molecular formula is C46H55F3N6O4. The van der Waals surface area contributed by atoms with Gasteiger partial charge in [0.1, 0.15) is 6.04 Å². The molecule has 0 radical (unpaired) electrons. The van der Waals surface area contributed by atoms with Crippen LogP contribution in [0.1, 0.15) is 34.7 Å². The van der Waals surface area contributed by atoms with Crippen LogP contribution in [-0.2, 0) is 40.1 Å². The highest BCUT2D eigenvalue weighted by atomic mass is 19.4. The maximum atomic E-state index is 14.6. The number of hydrogen-bond donors (Lipinski definition) is 1. The highest BCUT2D eigenvalue weighted by molar-refractivity contribution is 5.95. The van der Waals surface area contributed by atoms with E-state index < -0.39 is 23.7 Å². The fraction of sp³-hybridized carbons (Fsp3) is 0.370. The monoisotopic (exact) mass is 812 g/mol. The van der Waals surface area contributed by atoms with Gasteiger partial charge in [0.2, 0.25) is 17.7 Å². The predicted molar refractivity (Wildman–Crippen MR) is 227 cm³/mol. The van der Waals surface area contributed by atoms with Gasteiger partial charge in [-0.2, -0.15) is 13.2 Å². The molecule has 314 valence electrons. The smallest absolute Gasteiger partial charge is 0.395 e. The Balaban J connectivity index is 1.37. The molecule has 59 heavy (non-hydrogen) atoms. The first-order valence-corrected chi connectivity index (χ1v) is 19.9. The summed E-state index contributed by atoms with van der Waals surface area (Å²) < 4.78 is 39.7. The number of piperazine rings is 1. The molecular weight excluding hydrogens is 758 g/mol. The molecule has 5 rings (SSSR count). The first-order chi connectivity index (χ1) is 28.2. The molecule has 0 spiro atoms. The van der Waals surface area contributed by atoms with E-state index in [2.05, 4.69) is 9.80 Å². The van der Waals surface area contributed by atoms with Gasteiger partial charge >= 0.3 is 6.18 Å². The molecule has 3 amide bonds. The van der Waals surface area contributed by atoms with E-state index in [4.69, 9.17) is 0 Å². The summed E-state index contributed by atoms with van der Waals surface area (Å²) in [6.45, 7) is 6.57. The Morgan fingerprint density at radius 2 is 1.36 bits per heavy atom. The highest BCUT2D eigenvalue weighted by Crippen LogP contribution is 2.29. The predicted octanol–water partition coefficient (Wildman–Crippen LogP) is 6.05. The van der Waals surface area contributed by atoms with Crippen molar-refractivity contribution in [2.75, 3.05) is 83.4 Å². The molecule has 1 aliphatic heterocycles. The molecule has 1 N–H and O–H groups in total. The number of alkyl halides is 3. The Kier molecular flexibility index (Phi) is 15.7. The Hall–Kier alpha value is -5.66. The second-order valence-electron chi connectivity index (χ2n) is 15.1. The van der Waals surface area contributed by atoms with E-state index in [9.17, 15) is 32.7 Å². The number of benzene rings is 4. The van der Waals surface area contributed by atoms with Gasteiger partial charge in [0.05, 0.1) is 12.2 Å². The first-order valence-electron chi connectivity index (χ1n) is 19.9. The van der Waals surface area contributed by atoms with Crippen molar-refractivity contribution in [3.8, 4) is 0 Å². The molecule has 0 bridgehead atoms. The average Bonchev–Trinajstić information content (AvgIpc) is 3.23. The summed E-state index contributed by atoms with van der Waals surface area (Å²) in [5.41, 5.74) is 4.40. The minimum absolute atomic E-state index is 0.0553. The van der Waals surface area contributed by atoms with Gasteiger partial charge in [-0.1, -0.05) is 66.7 Å². The van der Waals surface area contributed by atoms with Crippen LogP contribution in [0.25, 0.3) is 6.08 Å². The van der Waals surface area contributed by atoms with Crippen LogP contribution in [-0.4, -0.2) is 122 Å². The van der Waals surface area contributed by atoms with Gasteiger partial charge in [0.15, 0.2) is 0 Å². The zero-order chi connectivity index (χ0) is 42.5. The number of hydrogen-bond acceptors (Lipinski definition) is 7. The van der Waals surface area contributed by atoms with Crippen LogP contribution in [0.15, 0.2) is 109 Å². The second kappa shape index (κ2) is 20.9. The van der Waals surface area contributed by atoms with Crippen molar-refractivity contribution in [1.82, 2.24) is 19.6 Å². The first kappa shape index (κ1) is 44.4. The molecule has 4 aromatic rings. The number of anilines is 2. The molecule has 10 nitrogen and oxygen atoms in total. The summed E-state index contributed by atoms with van der Waals surface area (Å²) >= 11 is 0. The summed E-state index contributed by atoms with van der Waals surface area (Å²) in [6.07, 6.45) is -1.45. The number of amides is 3. The minimum atomic E-state index is -4.48. The fourth-order valence-electron chi connectivity index (χ4n) is 7.06. The van der Waals surface area contributed by atoms with Crippen molar-refractivity contribution >= 4 is 35.2 Å². The van der Waals surface area contributed by atoms with Crippen LogP contribution < -0.4 is 9.80 Å². The molecule has 1 heterocycles. The Morgan fingerprint density at radius 1 is 0.746 bits per heavy atom. The number of carbonyl (C=O) groups is 3. The van der Waals surface area contributed by atoms with Gasteiger partial charge in [0.25, 0.3) is 0 Å². The van der Waals surface area contributed by atoms with Crippen LogP contribution >= 0.6 is 0 Å². The zero-order valence-corrected chi connectivity index (χ0v) is 34.3. The van der Waals surface area contributed by atoms with Gasteiger partial charge in [-0.25, -0.2) is 0 Å². The lowest BCUT2D eigenvalue weighted by molar-refractivity contribution is -0.143. The van der Waals surface area contributed by atoms with Crippen molar-refractivity contribution in [2.45, 2.75) is 38.7 Å². The number of nitrogens with zero attached hydrogens (tertiary/aromatic N) is 6. The summed E-state index contributed by atoms with van der Waals surface area (Å²) in [5.74, 6) is -0.642. The number of rotatable bonds is 17. The van der Waals surface area contributed by atoms with Crippen LogP contribution in [0, 0.1) is 0 Å². The topological polar surface area (TPSA) is 90.9 Å². The van der Waals surface area contributed by atoms with Crippen LogP contribution in [0.4, 0.5) is 24.5 Å². The molecule has 1 fully saturated rings. The van der Waals surface area contributed by atoms with Crippen molar-refractivity contribution in [1.29, 1.82) is 0 Å². The van der Waals surface area contributed by atoms with E-state index in [1.54, 1.807) is 23.8 Å². The average molecular weight is 813 g/mol. The van der Waals surface area contributed by atoms with Crippen LogP contribution in [0.2, 0.25) is 0 Å². The fourth-order valence-corrected chi connectivity index (χ4v) is 7.06. The zero-order valence-electron chi connectivity index (χ0n) is 34.3. The highest BCUT2D eigenvalue weighted by Gasteiger charge is 2.32. The normalized spacial score (nSPS) is 13.8. The molecule has 13 heteroatoms. The lowest BCUT2D eigenvalue weighted by atomic mass is 10.0. The van der Waals surface area contributed by atoms with E-state index >= 15 is 0 Å². The summed E-state index contributed by atoms with van der Waals surface area (Å²) in [7, 11) is 5.65. The van der Waals surface area contributed by atoms with E-state index in [1.807, 2.05) is 103 Å². The Bertz CT molecular complexity index is 1980. The summed E-state index contributed by atoms with van der Waals surface area (Å²) in [5, 5.41) is 9.27. The maximum Gasteiger partial charge on any atom is 0.416 e. The van der Waals surface area contributed by atoms with Gasteiger partial charge in [-0.3, -0.25) is 14.4 Å². The molecule has 0 saturated carbocycles. The second-order valence-corrected chi connectivity index (χ2v) is 15.1. The number of aliphatic hydroxyl groups excluding tert-OH is 1. The van der Waals surface area contributed by atoms with Crippen molar-refractivity contribution in [3.05, 3.63) is 137 Å². The van der Waals surface area contributed by atoms with Gasteiger partial charge in [-0.05, 0) is 71.8 Å². The lowest BCUT2D eigenvalue weighted by Gasteiger charge is -2.36. The van der Waals surface area contributed by atoms with E-state index in [1.165, 1.54) is 24.3 Å². The summed E-state index contributed by atoms with van der Waals surface area (Å²) in [4.78, 5) is 52.1. The molecule has 0 unspecified atom stereocenters. The standard InChI is InChI=1S/C46H55F3N6O4/c1-35(57)53-26-28-54(29-27-53)42-21-14-39(15-22-42)34-55(44(58)23-16-36-10-17-40(18-11-36)46(47,48)49)43(32-37-8-6-5-7-9-37)45(59)52(4)25-24-50(2)33-38-12-19-41(20-13-38)51(3)30-31-56/h5-23,43,56H,24-34H2,1-4H3/b23-16+/t43-/m0/s1. The molecule has 1 aliphatic rings. The third kappa shape index (κ3) is 12.9. The third-order valence-electron chi connectivity index (χ3n) is 10.7. The molecule has 4 aromatic carbocycles. The third-order valence-corrected chi connectivity index (χ3v) is 10.7. The van der Waals surface area contributed by atoms with Gasteiger partial charge in [-0.15, -0.1) is 0 Å². The van der Waals surface area contributed by atoms with E-state index in [0.717, 1.165) is 40.2 Å². The van der Waals surface area contributed by atoms with Gasteiger partial charge in [0, 0.05) is 104 Å². The van der Waals surface area contributed by atoms with Crippen molar-refractivity contribution in [3.63, 3.8) is 0 Å². The number of halogens is 3. The number of carbonyl (C=O) groups excluding carboxylic acids is 3. The van der Waals surface area contributed by atoms with E-state index in [-0.39, 0.29) is 31.4 Å². The molecule has 0 aromatic heterocycles. The quantitative estimate of drug-likeness (QED) is 0.130. The maximum absolute atomic E-state index is 14.6. The molecule has 1 saturated heterocycles. The Labute approximate surface area is 345 Å². The van der Waals surface area contributed by atoms with Crippen molar-refractivity contribution in [2.24, 2.45) is 0 Å². The largest absolute Gasteiger partial charge is 0.416 e. The van der Waals surface area contributed by atoms with Crippen LogP contribution in [0.3, 0.4) is 0 Å². The van der Waals surface area contributed by atoms with Crippen molar-refractivity contribution < 1.29 is 32.7 Å². The number of aliphatic hydroxyl groups is 1. The van der Waals surface area contributed by atoms with E-state index in [0.29, 0.717) is 57.9 Å². The Morgan fingerprint density at radius 3 is 1.95 bits per heavy atom. The minimum Gasteiger partial charge on any atom is -0.395 e. The van der Waals surface area contributed by atoms with Gasteiger partial charge < -0.3 is 34.5 Å². The lowest BCUT2D eigenvalue weighted by Crippen LogP contribution is -2.51.